The van der Waals surface area contributed by atoms with E-state index in [1.807, 2.05) is 18.2 Å². The van der Waals surface area contributed by atoms with Crippen LogP contribution >= 0.6 is 11.6 Å². The standard InChI is InChI=1S/C16H23ClN2O2/c1-21-11-8-18-16(20)13-6-9-19(10-7-13)12-14-4-2-3-5-15(14)17/h2-5,13H,6-12H2,1H3,(H,18,20). The van der Waals surface area contributed by atoms with Crippen molar-refractivity contribution in [3.8, 4) is 0 Å². The Morgan fingerprint density at radius 1 is 1.38 bits per heavy atom. The van der Waals surface area contributed by atoms with Crippen LogP contribution in [0, 0.1) is 5.92 Å². The fourth-order valence-corrected chi connectivity index (χ4v) is 2.84. The van der Waals surface area contributed by atoms with E-state index < -0.39 is 0 Å². The van der Waals surface area contributed by atoms with E-state index in [-0.39, 0.29) is 11.8 Å². The normalized spacial score (nSPS) is 16.9. The van der Waals surface area contributed by atoms with Crippen LogP contribution in [-0.2, 0) is 16.1 Å². The average molecular weight is 311 g/mol. The molecule has 0 atom stereocenters. The minimum absolute atomic E-state index is 0.129. The Morgan fingerprint density at radius 2 is 2.10 bits per heavy atom. The number of benzene rings is 1. The van der Waals surface area contributed by atoms with Crippen molar-refractivity contribution in [2.75, 3.05) is 33.4 Å². The minimum atomic E-state index is 0.129. The van der Waals surface area contributed by atoms with Gasteiger partial charge in [0, 0.05) is 31.1 Å². The van der Waals surface area contributed by atoms with Gasteiger partial charge in [-0.1, -0.05) is 29.8 Å². The van der Waals surface area contributed by atoms with Crippen LogP contribution in [0.25, 0.3) is 0 Å². The van der Waals surface area contributed by atoms with Gasteiger partial charge in [0.2, 0.25) is 5.91 Å². The van der Waals surface area contributed by atoms with Crippen molar-refractivity contribution >= 4 is 17.5 Å². The maximum absolute atomic E-state index is 12.0. The molecule has 4 nitrogen and oxygen atoms in total. The average Bonchev–Trinajstić information content (AvgIpc) is 2.50. The van der Waals surface area contributed by atoms with Crippen molar-refractivity contribution in [1.29, 1.82) is 0 Å². The van der Waals surface area contributed by atoms with Crippen molar-refractivity contribution < 1.29 is 9.53 Å². The van der Waals surface area contributed by atoms with Crippen molar-refractivity contribution in [3.05, 3.63) is 34.9 Å². The molecule has 0 spiro atoms. The minimum Gasteiger partial charge on any atom is -0.383 e. The van der Waals surface area contributed by atoms with Gasteiger partial charge in [0.05, 0.1) is 6.61 Å². The van der Waals surface area contributed by atoms with Gasteiger partial charge in [-0.2, -0.15) is 0 Å². The largest absolute Gasteiger partial charge is 0.383 e. The summed E-state index contributed by atoms with van der Waals surface area (Å²) in [6, 6.07) is 7.94. The highest BCUT2D eigenvalue weighted by Crippen LogP contribution is 2.22. The fraction of sp³-hybridized carbons (Fsp3) is 0.562. The summed E-state index contributed by atoms with van der Waals surface area (Å²) < 4.78 is 4.94. The molecule has 1 heterocycles. The zero-order valence-corrected chi connectivity index (χ0v) is 13.2. The third kappa shape index (κ3) is 4.99. The molecule has 0 aromatic heterocycles. The van der Waals surface area contributed by atoms with Gasteiger partial charge in [0.15, 0.2) is 0 Å². The zero-order chi connectivity index (χ0) is 15.1. The summed E-state index contributed by atoms with van der Waals surface area (Å²) in [5.41, 5.74) is 1.15. The fourth-order valence-electron chi connectivity index (χ4n) is 2.64. The Morgan fingerprint density at radius 3 is 2.76 bits per heavy atom. The summed E-state index contributed by atoms with van der Waals surface area (Å²) in [5.74, 6) is 0.286. The second kappa shape index (κ2) is 8.37. The number of carbonyl (C=O) groups excluding carboxylic acids is 1. The number of halogens is 1. The number of amides is 1. The van der Waals surface area contributed by atoms with Crippen LogP contribution < -0.4 is 5.32 Å². The van der Waals surface area contributed by atoms with Gasteiger partial charge < -0.3 is 10.1 Å². The summed E-state index contributed by atoms with van der Waals surface area (Å²) >= 11 is 6.19. The molecular formula is C16H23ClN2O2. The third-order valence-corrected chi connectivity index (χ3v) is 4.28. The first kappa shape index (κ1) is 16.3. The number of nitrogens with one attached hydrogen (secondary N) is 1. The highest BCUT2D eigenvalue weighted by Gasteiger charge is 2.24. The van der Waals surface area contributed by atoms with E-state index >= 15 is 0 Å². The molecule has 0 aliphatic carbocycles. The Hall–Kier alpha value is -1.10. The van der Waals surface area contributed by atoms with Crippen molar-refractivity contribution in [2.24, 2.45) is 5.92 Å². The number of likely N-dealkylation sites (tertiary alicyclic amines) is 1. The molecule has 1 saturated heterocycles. The van der Waals surface area contributed by atoms with Gasteiger partial charge in [-0.15, -0.1) is 0 Å². The summed E-state index contributed by atoms with van der Waals surface area (Å²) in [5, 5.41) is 3.74. The van der Waals surface area contributed by atoms with E-state index in [9.17, 15) is 4.79 Å². The second-order valence-electron chi connectivity index (χ2n) is 5.43. The molecule has 1 aliphatic rings. The van der Waals surface area contributed by atoms with Crippen molar-refractivity contribution in [2.45, 2.75) is 19.4 Å². The molecule has 0 saturated carbocycles. The van der Waals surface area contributed by atoms with E-state index in [0.717, 1.165) is 43.1 Å². The van der Waals surface area contributed by atoms with Crippen molar-refractivity contribution in [1.82, 2.24) is 10.2 Å². The number of carbonyl (C=O) groups is 1. The number of rotatable bonds is 6. The maximum atomic E-state index is 12.0. The molecule has 5 heteroatoms. The van der Waals surface area contributed by atoms with Crippen LogP contribution in [-0.4, -0.2) is 44.2 Å². The lowest BCUT2D eigenvalue weighted by Crippen LogP contribution is -2.41. The van der Waals surface area contributed by atoms with E-state index in [1.54, 1.807) is 7.11 Å². The van der Waals surface area contributed by atoms with E-state index in [4.69, 9.17) is 16.3 Å². The topological polar surface area (TPSA) is 41.6 Å². The maximum Gasteiger partial charge on any atom is 0.223 e. The van der Waals surface area contributed by atoms with E-state index in [1.165, 1.54) is 0 Å². The SMILES string of the molecule is COCCNC(=O)C1CCN(Cc2ccccc2Cl)CC1. The molecule has 1 aliphatic heterocycles. The van der Waals surface area contributed by atoms with Gasteiger partial charge >= 0.3 is 0 Å². The Kier molecular flexibility index (Phi) is 6.49. The molecule has 1 N–H and O–H groups in total. The number of hydrogen-bond donors (Lipinski definition) is 1. The molecule has 1 aromatic rings. The number of ether oxygens (including phenoxy) is 1. The predicted octanol–water partition coefficient (Wildman–Crippen LogP) is 2.31. The first-order valence-corrected chi connectivity index (χ1v) is 7.81. The highest BCUT2D eigenvalue weighted by molar-refractivity contribution is 6.31. The molecule has 0 radical (unpaired) electrons. The van der Waals surface area contributed by atoms with Gasteiger partial charge in [-0.05, 0) is 37.6 Å². The van der Waals surface area contributed by atoms with E-state index in [2.05, 4.69) is 16.3 Å². The Balaban J connectivity index is 1.75. The molecule has 1 fully saturated rings. The van der Waals surface area contributed by atoms with Gasteiger partial charge in [0.1, 0.15) is 0 Å². The summed E-state index contributed by atoms with van der Waals surface area (Å²) in [6.07, 6.45) is 1.81. The van der Waals surface area contributed by atoms with Crippen LogP contribution in [0.4, 0.5) is 0 Å². The molecule has 0 bridgehead atoms. The number of methoxy groups -OCH3 is 1. The number of nitrogens with zero attached hydrogens (tertiary/aromatic N) is 1. The Labute approximate surface area is 131 Å². The highest BCUT2D eigenvalue weighted by atomic mass is 35.5. The van der Waals surface area contributed by atoms with Crippen LogP contribution in [0.15, 0.2) is 24.3 Å². The van der Waals surface area contributed by atoms with Gasteiger partial charge in [-0.25, -0.2) is 0 Å². The van der Waals surface area contributed by atoms with Gasteiger partial charge in [0.25, 0.3) is 0 Å². The monoisotopic (exact) mass is 310 g/mol. The smallest absolute Gasteiger partial charge is 0.223 e. The molecule has 21 heavy (non-hydrogen) atoms. The lowest BCUT2D eigenvalue weighted by Gasteiger charge is -2.31. The van der Waals surface area contributed by atoms with Crippen LogP contribution in [0.3, 0.4) is 0 Å². The van der Waals surface area contributed by atoms with Crippen LogP contribution in [0.5, 0.6) is 0 Å². The van der Waals surface area contributed by atoms with Gasteiger partial charge in [-0.3, -0.25) is 9.69 Å². The molecule has 2 rings (SSSR count). The second-order valence-corrected chi connectivity index (χ2v) is 5.83. The summed E-state index contributed by atoms with van der Waals surface area (Å²) in [6.45, 7) is 3.89. The lowest BCUT2D eigenvalue weighted by molar-refractivity contribution is -0.126. The van der Waals surface area contributed by atoms with Crippen molar-refractivity contribution in [3.63, 3.8) is 0 Å². The third-order valence-electron chi connectivity index (χ3n) is 3.92. The van der Waals surface area contributed by atoms with Crippen LogP contribution in [0.2, 0.25) is 5.02 Å². The quantitative estimate of drug-likeness (QED) is 0.820. The Bertz CT molecular complexity index is 459. The first-order valence-electron chi connectivity index (χ1n) is 7.43. The predicted molar refractivity (Wildman–Crippen MR) is 84.3 cm³/mol. The first-order chi connectivity index (χ1) is 10.2. The van der Waals surface area contributed by atoms with E-state index in [0.29, 0.717) is 13.2 Å². The summed E-state index contributed by atoms with van der Waals surface area (Å²) in [4.78, 5) is 14.3. The summed E-state index contributed by atoms with van der Waals surface area (Å²) in [7, 11) is 1.64. The molecule has 1 aromatic carbocycles. The lowest BCUT2D eigenvalue weighted by atomic mass is 9.95. The molecule has 1 amide bonds. The number of piperidine rings is 1. The molecule has 116 valence electrons. The zero-order valence-electron chi connectivity index (χ0n) is 12.5. The number of hydrogen-bond acceptors (Lipinski definition) is 3. The molecular weight excluding hydrogens is 288 g/mol. The molecule has 0 unspecified atom stereocenters. The van der Waals surface area contributed by atoms with Crippen LogP contribution in [0.1, 0.15) is 18.4 Å².